The highest BCUT2D eigenvalue weighted by molar-refractivity contribution is 5.87. The van der Waals surface area contributed by atoms with Crippen LogP contribution in [0.25, 0.3) is 33.3 Å². The van der Waals surface area contributed by atoms with Gasteiger partial charge in [0.2, 0.25) is 0 Å². The Morgan fingerprint density at radius 3 is 2.57 bits per heavy atom. The van der Waals surface area contributed by atoms with E-state index in [1.165, 1.54) is 0 Å². The monoisotopic (exact) mass is 275 g/mol. The van der Waals surface area contributed by atoms with Crippen LogP contribution < -0.4 is 5.43 Å². The van der Waals surface area contributed by atoms with Crippen molar-refractivity contribution in [3.63, 3.8) is 0 Å². The second kappa shape index (κ2) is 4.35. The molecular formula is C18H13NO2. The second-order valence-electron chi connectivity index (χ2n) is 5.12. The SMILES string of the molecule is Cn1c(-c2cc(=O)c3ccccc3o2)cc2ccccc21. The molecule has 2 aromatic heterocycles. The second-order valence-corrected chi connectivity index (χ2v) is 5.12. The van der Waals surface area contributed by atoms with Gasteiger partial charge in [0.15, 0.2) is 11.2 Å². The number of para-hydroxylation sites is 2. The lowest BCUT2D eigenvalue weighted by Gasteiger charge is -2.05. The standard InChI is InChI=1S/C18H13NO2/c1-19-14-8-4-2-6-12(14)10-15(19)18-11-16(20)13-7-3-5-9-17(13)21-18/h2-11H,1H3. The van der Waals surface area contributed by atoms with Crippen LogP contribution in [0.4, 0.5) is 0 Å². The van der Waals surface area contributed by atoms with Gasteiger partial charge in [0.1, 0.15) is 5.58 Å². The van der Waals surface area contributed by atoms with Crippen LogP contribution in [-0.2, 0) is 7.05 Å². The summed E-state index contributed by atoms with van der Waals surface area (Å²) in [4.78, 5) is 12.2. The summed E-state index contributed by atoms with van der Waals surface area (Å²) in [6.45, 7) is 0. The van der Waals surface area contributed by atoms with Gasteiger partial charge in [-0.1, -0.05) is 30.3 Å². The molecule has 3 nitrogen and oxygen atoms in total. The quantitative estimate of drug-likeness (QED) is 0.527. The molecule has 4 rings (SSSR count). The molecule has 0 amide bonds. The van der Waals surface area contributed by atoms with Gasteiger partial charge in [-0.3, -0.25) is 4.79 Å². The van der Waals surface area contributed by atoms with Crippen LogP contribution in [-0.4, -0.2) is 4.57 Å². The largest absolute Gasteiger partial charge is 0.454 e. The Kier molecular flexibility index (Phi) is 2.48. The minimum atomic E-state index is -0.0166. The number of rotatable bonds is 1. The summed E-state index contributed by atoms with van der Waals surface area (Å²) < 4.78 is 7.96. The number of aromatic nitrogens is 1. The highest BCUT2D eigenvalue weighted by atomic mass is 16.3. The fraction of sp³-hybridized carbons (Fsp3) is 0.0556. The van der Waals surface area contributed by atoms with E-state index < -0.39 is 0 Å². The minimum absolute atomic E-state index is 0.0166. The van der Waals surface area contributed by atoms with Crippen molar-refractivity contribution in [2.75, 3.05) is 0 Å². The van der Waals surface area contributed by atoms with E-state index in [2.05, 4.69) is 12.1 Å². The van der Waals surface area contributed by atoms with Gasteiger partial charge in [-0.15, -0.1) is 0 Å². The summed E-state index contributed by atoms with van der Waals surface area (Å²) in [5.41, 5.74) is 2.62. The third-order valence-corrected chi connectivity index (χ3v) is 3.84. The fourth-order valence-corrected chi connectivity index (χ4v) is 2.76. The molecule has 0 N–H and O–H groups in total. The van der Waals surface area contributed by atoms with Crippen molar-refractivity contribution in [3.05, 3.63) is 70.9 Å². The first-order valence-corrected chi connectivity index (χ1v) is 6.82. The maximum Gasteiger partial charge on any atom is 0.193 e. The van der Waals surface area contributed by atoms with E-state index in [4.69, 9.17) is 4.42 Å². The first-order valence-electron chi connectivity index (χ1n) is 6.82. The number of nitrogens with zero attached hydrogens (tertiary/aromatic N) is 1. The van der Waals surface area contributed by atoms with E-state index in [0.717, 1.165) is 16.6 Å². The molecule has 0 aliphatic carbocycles. The fourth-order valence-electron chi connectivity index (χ4n) is 2.76. The van der Waals surface area contributed by atoms with Gasteiger partial charge >= 0.3 is 0 Å². The van der Waals surface area contributed by atoms with Crippen molar-refractivity contribution in [3.8, 4) is 11.5 Å². The number of benzene rings is 2. The Morgan fingerprint density at radius 1 is 0.952 bits per heavy atom. The average Bonchev–Trinajstić information content (AvgIpc) is 2.85. The van der Waals surface area contributed by atoms with Gasteiger partial charge in [0, 0.05) is 24.0 Å². The third kappa shape index (κ3) is 1.78. The molecule has 0 saturated carbocycles. The molecule has 0 saturated heterocycles. The van der Waals surface area contributed by atoms with E-state index >= 15 is 0 Å². The molecule has 0 aliphatic rings. The molecular weight excluding hydrogens is 262 g/mol. The van der Waals surface area contributed by atoms with E-state index in [-0.39, 0.29) is 5.43 Å². The average molecular weight is 275 g/mol. The number of aryl methyl sites for hydroxylation is 1. The number of hydrogen-bond donors (Lipinski definition) is 0. The molecule has 2 aromatic carbocycles. The van der Waals surface area contributed by atoms with Gasteiger partial charge in [-0.25, -0.2) is 0 Å². The van der Waals surface area contributed by atoms with Crippen LogP contribution in [0.1, 0.15) is 0 Å². The Balaban J connectivity index is 2.04. The van der Waals surface area contributed by atoms with Crippen LogP contribution in [0.2, 0.25) is 0 Å². The molecule has 2 heterocycles. The number of hydrogen-bond acceptors (Lipinski definition) is 2. The topological polar surface area (TPSA) is 35.1 Å². The lowest BCUT2D eigenvalue weighted by molar-refractivity contribution is 0.612. The summed E-state index contributed by atoms with van der Waals surface area (Å²) >= 11 is 0. The molecule has 0 unspecified atom stereocenters. The maximum atomic E-state index is 12.2. The highest BCUT2D eigenvalue weighted by Crippen LogP contribution is 2.28. The van der Waals surface area contributed by atoms with Gasteiger partial charge in [-0.05, 0) is 24.3 Å². The molecule has 0 aliphatic heterocycles. The summed E-state index contributed by atoms with van der Waals surface area (Å²) in [7, 11) is 1.98. The molecule has 0 bridgehead atoms. The lowest BCUT2D eigenvalue weighted by atomic mass is 10.2. The van der Waals surface area contributed by atoms with Crippen LogP contribution in [0.3, 0.4) is 0 Å². The predicted molar refractivity (Wildman–Crippen MR) is 84.4 cm³/mol. The Bertz CT molecular complexity index is 1020. The van der Waals surface area contributed by atoms with Crippen LogP contribution in [0, 0.1) is 0 Å². The van der Waals surface area contributed by atoms with Gasteiger partial charge in [0.25, 0.3) is 0 Å². The Labute approximate surface area is 121 Å². The van der Waals surface area contributed by atoms with Crippen molar-refractivity contribution in [1.82, 2.24) is 4.57 Å². The molecule has 0 radical (unpaired) electrons. The molecule has 0 atom stereocenters. The van der Waals surface area contributed by atoms with Crippen LogP contribution in [0.15, 0.2) is 69.9 Å². The highest BCUT2D eigenvalue weighted by Gasteiger charge is 2.12. The van der Waals surface area contributed by atoms with E-state index in [1.54, 1.807) is 12.1 Å². The first kappa shape index (κ1) is 12.0. The molecule has 4 aromatic rings. The van der Waals surface area contributed by atoms with Gasteiger partial charge in [-0.2, -0.15) is 0 Å². The summed E-state index contributed by atoms with van der Waals surface area (Å²) in [5, 5.41) is 1.74. The Hall–Kier alpha value is -2.81. The zero-order chi connectivity index (χ0) is 14.4. The zero-order valence-corrected chi connectivity index (χ0v) is 11.5. The summed E-state index contributed by atoms with van der Waals surface area (Å²) in [6, 6.07) is 19.0. The van der Waals surface area contributed by atoms with Crippen molar-refractivity contribution < 1.29 is 4.42 Å². The molecule has 0 spiro atoms. The lowest BCUT2D eigenvalue weighted by Crippen LogP contribution is -2.01. The van der Waals surface area contributed by atoms with Crippen LogP contribution >= 0.6 is 0 Å². The Morgan fingerprint density at radius 2 is 1.71 bits per heavy atom. The maximum absolute atomic E-state index is 12.2. The minimum Gasteiger partial charge on any atom is -0.454 e. The molecule has 21 heavy (non-hydrogen) atoms. The van der Waals surface area contributed by atoms with E-state index in [1.807, 2.05) is 48.0 Å². The van der Waals surface area contributed by atoms with Crippen LogP contribution in [0.5, 0.6) is 0 Å². The molecule has 3 heteroatoms. The predicted octanol–water partition coefficient (Wildman–Crippen LogP) is 3.95. The molecule has 0 fully saturated rings. The van der Waals surface area contributed by atoms with Crippen molar-refractivity contribution in [2.24, 2.45) is 7.05 Å². The van der Waals surface area contributed by atoms with Gasteiger partial charge < -0.3 is 8.98 Å². The first-order chi connectivity index (χ1) is 10.2. The smallest absolute Gasteiger partial charge is 0.193 e. The third-order valence-electron chi connectivity index (χ3n) is 3.84. The van der Waals surface area contributed by atoms with Gasteiger partial charge in [0.05, 0.1) is 11.1 Å². The number of fused-ring (bicyclic) bond motifs is 2. The van der Waals surface area contributed by atoms with Crippen molar-refractivity contribution >= 4 is 21.9 Å². The normalized spacial score (nSPS) is 11.3. The molecule has 102 valence electrons. The van der Waals surface area contributed by atoms with E-state index in [0.29, 0.717) is 16.7 Å². The van der Waals surface area contributed by atoms with Crippen molar-refractivity contribution in [2.45, 2.75) is 0 Å². The summed E-state index contributed by atoms with van der Waals surface area (Å²) in [5.74, 6) is 0.595. The van der Waals surface area contributed by atoms with Crippen molar-refractivity contribution in [1.29, 1.82) is 0 Å². The zero-order valence-electron chi connectivity index (χ0n) is 11.5. The summed E-state index contributed by atoms with van der Waals surface area (Å²) in [6.07, 6.45) is 0. The van der Waals surface area contributed by atoms with E-state index in [9.17, 15) is 4.79 Å².